The molecule has 0 amide bonds. The van der Waals surface area contributed by atoms with Crippen LogP contribution in [-0.4, -0.2) is 79.6 Å². The van der Waals surface area contributed by atoms with Gasteiger partial charge < -0.3 is 10.2 Å². The van der Waals surface area contributed by atoms with E-state index in [4.69, 9.17) is 4.99 Å². The van der Waals surface area contributed by atoms with Gasteiger partial charge in [0.15, 0.2) is 5.96 Å². The van der Waals surface area contributed by atoms with Crippen LogP contribution in [-0.2, 0) is 6.54 Å². The highest BCUT2D eigenvalue weighted by Crippen LogP contribution is 2.16. The summed E-state index contributed by atoms with van der Waals surface area (Å²) in [5.74, 6) is 1.02. The van der Waals surface area contributed by atoms with Gasteiger partial charge >= 0.3 is 0 Å². The van der Waals surface area contributed by atoms with E-state index in [0.717, 1.165) is 25.6 Å². The number of fused-ring (bicyclic) bond motifs is 3. The first kappa shape index (κ1) is 15.8. The van der Waals surface area contributed by atoms with Gasteiger partial charge in [-0.2, -0.15) is 11.3 Å². The van der Waals surface area contributed by atoms with Crippen LogP contribution >= 0.6 is 11.3 Å². The number of hydrogen-bond donors (Lipinski definition) is 1. The van der Waals surface area contributed by atoms with Crippen molar-refractivity contribution in [2.24, 2.45) is 4.99 Å². The van der Waals surface area contributed by atoms with Crippen LogP contribution in [0.3, 0.4) is 0 Å². The van der Waals surface area contributed by atoms with E-state index in [-0.39, 0.29) is 0 Å². The van der Waals surface area contributed by atoms with E-state index in [0.29, 0.717) is 6.04 Å². The van der Waals surface area contributed by atoms with Crippen molar-refractivity contribution in [2.75, 3.05) is 52.9 Å². The molecule has 0 aromatic carbocycles. The molecular formula is C16H27N5S. The fraction of sp³-hybridized carbons (Fsp3) is 0.688. The minimum Gasteiger partial charge on any atom is -0.357 e. The lowest BCUT2D eigenvalue weighted by Crippen LogP contribution is -2.62. The van der Waals surface area contributed by atoms with Crippen LogP contribution in [0.15, 0.2) is 21.8 Å². The smallest absolute Gasteiger partial charge is 0.194 e. The number of thiophene rings is 1. The summed E-state index contributed by atoms with van der Waals surface area (Å²) in [6, 6.07) is 2.77. The maximum absolute atomic E-state index is 4.90. The van der Waals surface area contributed by atoms with Crippen molar-refractivity contribution in [1.82, 2.24) is 20.0 Å². The molecule has 0 saturated carbocycles. The molecular weight excluding hydrogens is 294 g/mol. The van der Waals surface area contributed by atoms with Crippen LogP contribution in [0, 0.1) is 0 Å². The number of nitrogens with one attached hydrogen (secondary N) is 1. The zero-order valence-corrected chi connectivity index (χ0v) is 14.5. The third kappa shape index (κ3) is 3.80. The first-order chi connectivity index (χ1) is 10.8. The number of hydrogen-bond acceptors (Lipinski definition) is 4. The van der Waals surface area contributed by atoms with Crippen molar-refractivity contribution < 1.29 is 0 Å². The maximum Gasteiger partial charge on any atom is 0.194 e. The number of guanidine groups is 1. The minimum absolute atomic E-state index is 0.589. The van der Waals surface area contributed by atoms with Crippen LogP contribution in [0.5, 0.6) is 0 Å². The summed E-state index contributed by atoms with van der Waals surface area (Å²) < 4.78 is 0. The maximum atomic E-state index is 4.90. The normalized spacial score (nSPS) is 27.9. The second-order valence-electron chi connectivity index (χ2n) is 6.17. The quantitative estimate of drug-likeness (QED) is 0.652. The van der Waals surface area contributed by atoms with Crippen LogP contribution in [0.2, 0.25) is 0 Å². The number of nitrogens with zero attached hydrogens (tertiary/aromatic N) is 4. The second-order valence-corrected chi connectivity index (χ2v) is 6.95. The van der Waals surface area contributed by atoms with Crippen LogP contribution in [0.1, 0.15) is 12.5 Å². The van der Waals surface area contributed by atoms with Crippen molar-refractivity contribution >= 4 is 17.3 Å². The Bertz CT molecular complexity index is 479. The lowest BCUT2D eigenvalue weighted by Gasteiger charge is -2.47. The van der Waals surface area contributed by atoms with E-state index in [1.807, 2.05) is 0 Å². The highest BCUT2D eigenvalue weighted by molar-refractivity contribution is 7.07. The third-order valence-electron chi connectivity index (χ3n) is 4.54. The van der Waals surface area contributed by atoms with Gasteiger partial charge in [0.2, 0.25) is 0 Å². The largest absolute Gasteiger partial charge is 0.357 e. The van der Waals surface area contributed by atoms with Gasteiger partial charge in [-0.05, 0) is 29.3 Å². The van der Waals surface area contributed by atoms with Gasteiger partial charge in [-0.15, -0.1) is 0 Å². The van der Waals surface area contributed by atoms with Crippen LogP contribution < -0.4 is 5.32 Å². The van der Waals surface area contributed by atoms with Gasteiger partial charge in [0.1, 0.15) is 0 Å². The standard InChI is InChI=1S/C16H27N5S/c1-3-17-16(19(2)11-14-4-9-22-13-14)18-10-15-12-20-5-7-21(15)8-6-20/h4,9,13,15H,3,5-8,10-12H2,1-2H3,(H,17,18). The van der Waals surface area contributed by atoms with Gasteiger partial charge in [-0.25, -0.2) is 0 Å². The van der Waals surface area contributed by atoms with Crippen molar-refractivity contribution in [2.45, 2.75) is 19.5 Å². The zero-order chi connectivity index (χ0) is 15.4. The van der Waals surface area contributed by atoms with Crippen LogP contribution in [0.25, 0.3) is 0 Å². The highest BCUT2D eigenvalue weighted by Gasteiger charge is 2.31. The Morgan fingerprint density at radius 3 is 2.82 bits per heavy atom. The lowest BCUT2D eigenvalue weighted by molar-refractivity contribution is 0.0173. The van der Waals surface area contributed by atoms with Crippen molar-refractivity contribution in [3.8, 4) is 0 Å². The molecule has 5 nitrogen and oxygen atoms in total. The predicted octanol–water partition coefficient (Wildman–Crippen LogP) is 1.15. The molecule has 6 heteroatoms. The average molecular weight is 321 g/mol. The molecule has 22 heavy (non-hydrogen) atoms. The summed E-state index contributed by atoms with van der Waals surface area (Å²) >= 11 is 1.75. The Morgan fingerprint density at radius 2 is 2.23 bits per heavy atom. The summed E-state index contributed by atoms with van der Waals surface area (Å²) in [5.41, 5.74) is 1.35. The summed E-state index contributed by atoms with van der Waals surface area (Å²) in [7, 11) is 2.12. The Kier molecular flexibility index (Phi) is 5.33. The average Bonchev–Trinajstić information content (AvgIpc) is 3.05. The van der Waals surface area contributed by atoms with E-state index in [2.05, 4.69) is 50.8 Å². The van der Waals surface area contributed by atoms with Gasteiger partial charge in [0, 0.05) is 58.9 Å². The molecule has 4 heterocycles. The highest BCUT2D eigenvalue weighted by atomic mass is 32.1. The number of aliphatic imine (C=N–C) groups is 1. The van der Waals surface area contributed by atoms with E-state index in [9.17, 15) is 0 Å². The van der Waals surface area contributed by atoms with E-state index >= 15 is 0 Å². The minimum atomic E-state index is 0.589. The van der Waals surface area contributed by atoms with Gasteiger partial charge in [-0.1, -0.05) is 0 Å². The molecule has 1 aromatic rings. The summed E-state index contributed by atoms with van der Waals surface area (Å²) in [4.78, 5) is 12.3. The molecule has 4 rings (SSSR count). The number of piperazine rings is 3. The molecule has 2 bridgehead atoms. The molecule has 122 valence electrons. The molecule has 3 aliphatic heterocycles. The molecule has 0 radical (unpaired) electrons. The summed E-state index contributed by atoms with van der Waals surface area (Å²) in [6.07, 6.45) is 0. The summed E-state index contributed by atoms with van der Waals surface area (Å²) in [5, 5.41) is 7.77. The number of rotatable bonds is 5. The topological polar surface area (TPSA) is 34.1 Å². The van der Waals surface area contributed by atoms with E-state index in [1.54, 1.807) is 11.3 Å². The van der Waals surface area contributed by atoms with Gasteiger partial charge in [-0.3, -0.25) is 14.8 Å². The SMILES string of the molecule is CCNC(=NCC1CN2CCN1CC2)N(C)Cc1ccsc1. The monoisotopic (exact) mass is 321 g/mol. The first-order valence-electron chi connectivity index (χ1n) is 8.23. The first-order valence-corrected chi connectivity index (χ1v) is 9.17. The second kappa shape index (κ2) is 7.44. The molecule has 3 saturated heterocycles. The Labute approximate surface area is 137 Å². The lowest BCUT2D eigenvalue weighted by atomic mass is 10.1. The molecule has 1 N–H and O–H groups in total. The molecule has 3 fully saturated rings. The summed E-state index contributed by atoms with van der Waals surface area (Å²) in [6.45, 7) is 10.9. The van der Waals surface area contributed by atoms with Gasteiger partial charge in [0.25, 0.3) is 0 Å². The fourth-order valence-electron chi connectivity index (χ4n) is 3.29. The molecule has 3 aliphatic rings. The Morgan fingerprint density at radius 1 is 1.41 bits per heavy atom. The molecule has 0 aliphatic carbocycles. The zero-order valence-electron chi connectivity index (χ0n) is 13.7. The van der Waals surface area contributed by atoms with Gasteiger partial charge in [0.05, 0.1) is 6.54 Å². The van der Waals surface area contributed by atoms with Crippen molar-refractivity contribution in [3.05, 3.63) is 22.4 Å². The Balaban J connectivity index is 1.59. The van der Waals surface area contributed by atoms with E-state index in [1.165, 1.54) is 38.3 Å². The Hall–Kier alpha value is -1.11. The van der Waals surface area contributed by atoms with E-state index < -0.39 is 0 Å². The fourth-order valence-corrected chi connectivity index (χ4v) is 3.95. The van der Waals surface area contributed by atoms with Crippen molar-refractivity contribution in [3.63, 3.8) is 0 Å². The molecule has 1 atom stereocenters. The van der Waals surface area contributed by atoms with Crippen LogP contribution in [0.4, 0.5) is 0 Å². The van der Waals surface area contributed by atoms with Crippen molar-refractivity contribution in [1.29, 1.82) is 0 Å². The molecule has 1 unspecified atom stereocenters. The third-order valence-corrected chi connectivity index (χ3v) is 5.27. The predicted molar refractivity (Wildman–Crippen MR) is 93.6 cm³/mol. The molecule has 1 aromatic heterocycles. The molecule has 0 spiro atoms.